The lowest BCUT2D eigenvalue weighted by atomic mass is 10.1. The van der Waals surface area contributed by atoms with Crippen molar-refractivity contribution in [2.24, 2.45) is 0 Å². The molecule has 0 spiro atoms. The van der Waals surface area contributed by atoms with E-state index in [1.165, 1.54) is 0 Å². The number of benzene rings is 1. The van der Waals surface area contributed by atoms with Gasteiger partial charge in [0.2, 0.25) is 0 Å². The summed E-state index contributed by atoms with van der Waals surface area (Å²) >= 11 is 0. The van der Waals surface area contributed by atoms with Crippen LogP contribution < -0.4 is 10.4 Å². The molecule has 2 aliphatic rings. The molecule has 0 fully saturated rings. The zero-order valence-electron chi connectivity index (χ0n) is 7.44. The number of hydrogen-bond acceptors (Lipinski definition) is 2. The van der Waals surface area contributed by atoms with Gasteiger partial charge in [0.25, 0.3) is 5.95 Å². The van der Waals surface area contributed by atoms with Crippen molar-refractivity contribution < 1.29 is 9.47 Å². The standard InChI is InChI=1S/C12H8O2/c1-3-9-5-2-7-13-12-11(9)10(4-1)6-8-14-12/h1-8H. The summed E-state index contributed by atoms with van der Waals surface area (Å²) in [5, 5.41) is 2.15. The summed E-state index contributed by atoms with van der Waals surface area (Å²) in [5.74, 6) is 0.558. The van der Waals surface area contributed by atoms with E-state index in [9.17, 15) is 0 Å². The second-order valence-corrected chi connectivity index (χ2v) is 3.13. The van der Waals surface area contributed by atoms with Gasteiger partial charge >= 0.3 is 0 Å². The van der Waals surface area contributed by atoms with Gasteiger partial charge in [0.15, 0.2) is 0 Å². The molecule has 0 radical (unpaired) electrons. The maximum Gasteiger partial charge on any atom is 0.297 e. The van der Waals surface area contributed by atoms with Crippen molar-refractivity contribution in [3.63, 3.8) is 0 Å². The maximum absolute atomic E-state index is 5.34. The first-order valence-electron chi connectivity index (χ1n) is 4.45. The van der Waals surface area contributed by atoms with Gasteiger partial charge in [-0.1, -0.05) is 24.3 Å². The smallest absolute Gasteiger partial charge is 0.297 e. The largest absolute Gasteiger partial charge is 0.434 e. The van der Waals surface area contributed by atoms with Gasteiger partial charge in [-0.2, -0.15) is 0 Å². The molecule has 0 amide bonds. The van der Waals surface area contributed by atoms with Crippen LogP contribution in [0.15, 0.2) is 36.8 Å². The zero-order valence-corrected chi connectivity index (χ0v) is 7.44. The summed E-state index contributed by atoms with van der Waals surface area (Å²) in [6.45, 7) is 0. The highest BCUT2D eigenvalue weighted by Crippen LogP contribution is 2.09. The van der Waals surface area contributed by atoms with Crippen LogP contribution in [0.3, 0.4) is 0 Å². The summed E-state index contributed by atoms with van der Waals surface area (Å²) in [6.07, 6.45) is 9.07. The van der Waals surface area contributed by atoms with Crippen molar-refractivity contribution in [3.05, 3.63) is 52.8 Å². The van der Waals surface area contributed by atoms with Gasteiger partial charge < -0.3 is 9.47 Å². The molecule has 2 heterocycles. The first-order valence-corrected chi connectivity index (χ1v) is 4.45. The lowest BCUT2D eigenvalue weighted by molar-refractivity contribution is 0.244. The van der Waals surface area contributed by atoms with Crippen molar-refractivity contribution >= 4 is 18.1 Å². The minimum absolute atomic E-state index is 0.558. The molecule has 0 atom stereocenters. The van der Waals surface area contributed by atoms with Crippen LogP contribution in [-0.2, 0) is 9.47 Å². The molecule has 1 aromatic carbocycles. The topological polar surface area (TPSA) is 18.5 Å². The lowest BCUT2D eigenvalue weighted by Gasteiger charge is -2.09. The average molecular weight is 184 g/mol. The van der Waals surface area contributed by atoms with Gasteiger partial charge in [-0.25, -0.2) is 0 Å². The third kappa shape index (κ3) is 0.973. The van der Waals surface area contributed by atoms with E-state index in [0.717, 1.165) is 16.0 Å². The normalized spacial score (nSPS) is 16.1. The third-order valence-corrected chi connectivity index (χ3v) is 2.29. The Balaban J connectivity index is 2.52. The summed E-state index contributed by atoms with van der Waals surface area (Å²) in [7, 11) is 0. The van der Waals surface area contributed by atoms with Crippen LogP contribution in [-0.4, -0.2) is 0 Å². The Morgan fingerprint density at radius 1 is 1.00 bits per heavy atom. The Morgan fingerprint density at radius 3 is 2.93 bits per heavy atom. The molecule has 14 heavy (non-hydrogen) atoms. The van der Waals surface area contributed by atoms with Crippen LogP contribution in [0.2, 0.25) is 0 Å². The number of ether oxygens (including phenoxy) is 2. The fraction of sp³-hybridized carbons (Fsp3) is 0. The molecule has 0 aliphatic carbocycles. The van der Waals surface area contributed by atoms with Crippen molar-refractivity contribution in [2.45, 2.75) is 0 Å². The molecule has 0 unspecified atom stereocenters. The monoisotopic (exact) mass is 184 g/mol. The van der Waals surface area contributed by atoms with Gasteiger partial charge in [0.05, 0.1) is 17.7 Å². The second-order valence-electron chi connectivity index (χ2n) is 3.13. The predicted molar refractivity (Wildman–Crippen MR) is 53.9 cm³/mol. The van der Waals surface area contributed by atoms with E-state index in [0.29, 0.717) is 5.95 Å². The molecule has 0 saturated heterocycles. The zero-order chi connectivity index (χ0) is 9.38. The number of rotatable bonds is 0. The van der Waals surface area contributed by atoms with Crippen LogP contribution >= 0.6 is 0 Å². The molecule has 3 rings (SSSR count). The Kier molecular flexibility index (Phi) is 1.47. The molecule has 0 bridgehead atoms. The number of allylic oxidation sites excluding steroid dienone is 1. The van der Waals surface area contributed by atoms with Crippen molar-refractivity contribution in [1.29, 1.82) is 0 Å². The molecule has 0 saturated carbocycles. The van der Waals surface area contributed by atoms with Crippen LogP contribution in [0, 0.1) is 0 Å². The van der Waals surface area contributed by atoms with E-state index in [-0.39, 0.29) is 0 Å². The van der Waals surface area contributed by atoms with Crippen LogP contribution in [0.1, 0.15) is 5.56 Å². The Bertz CT molecular complexity index is 550. The summed E-state index contributed by atoms with van der Waals surface area (Å²) < 4.78 is 10.7. The first kappa shape index (κ1) is 7.44. The molecular weight excluding hydrogens is 176 g/mol. The molecule has 2 heteroatoms. The summed E-state index contributed by atoms with van der Waals surface area (Å²) in [5.41, 5.74) is 1.13. The molecule has 2 aliphatic heterocycles. The quantitative estimate of drug-likeness (QED) is 0.600. The number of hydrogen-bond donors (Lipinski definition) is 0. The first-order chi connectivity index (χ1) is 6.95. The Morgan fingerprint density at radius 2 is 1.93 bits per heavy atom. The van der Waals surface area contributed by atoms with Gasteiger partial charge in [-0.3, -0.25) is 0 Å². The van der Waals surface area contributed by atoms with Crippen LogP contribution in [0.5, 0.6) is 0 Å². The highest BCUT2D eigenvalue weighted by atomic mass is 16.7. The van der Waals surface area contributed by atoms with Gasteiger partial charge in [0, 0.05) is 0 Å². The SMILES string of the molecule is C1=COC2=c3c(cccc3=C1)C=CO2. The lowest BCUT2D eigenvalue weighted by Crippen LogP contribution is -2.31. The van der Waals surface area contributed by atoms with Gasteiger partial charge in [0.1, 0.15) is 0 Å². The predicted octanol–water partition coefficient (Wildman–Crippen LogP) is 1.08. The molecule has 68 valence electrons. The molecule has 1 aromatic rings. The Labute approximate surface area is 81.1 Å². The second kappa shape index (κ2) is 2.77. The van der Waals surface area contributed by atoms with E-state index in [1.807, 2.05) is 36.4 Å². The highest BCUT2D eigenvalue weighted by molar-refractivity contribution is 5.58. The van der Waals surface area contributed by atoms with Crippen LogP contribution in [0.4, 0.5) is 0 Å². The molecular formula is C12H8O2. The summed E-state index contributed by atoms with van der Waals surface area (Å²) in [6, 6.07) is 6.11. The van der Waals surface area contributed by atoms with Crippen molar-refractivity contribution in [3.8, 4) is 0 Å². The van der Waals surface area contributed by atoms with E-state index >= 15 is 0 Å². The van der Waals surface area contributed by atoms with Crippen LogP contribution in [0.25, 0.3) is 18.1 Å². The Hall–Kier alpha value is -1.96. The third-order valence-electron chi connectivity index (χ3n) is 2.29. The van der Waals surface area contributed by atoms with E-state index < -0.39 is 0 Å². The van der Waals surface area contributed by atoms with Crippen molar-refractivity contribution in [1.82, 2.24) is 0 Å². The van der Waals surface area contributed by atoms with E-state index in [1.54, 1.807) is 12.5 Å². The average Bonchev–Trinajstić information content (AvgIpc) is 2.44. The van der Waals surface area contributed by atoms with Gasteiger partial charge in [-0.05, 0) is 22.9 Å². The maximum atomic E-state index is 5.34. The fourth-order valence-electron chi connectivity index (χ4n) is 1.66. The van der Waals surface area contributed by atoms with E-state index in [2.05, 4.69) is 0 Å². The fourth-order valence-corrected chi connectivity index (χ4v) is 1.66. The molecule has 0 N–H and O–H groups in total. The van der Waals surface area contributed by atoms with Crippen molar-refractivity contribution in [2.75, 3.05) is 0 Å². The highest BCUT2D eigenvalue weighted by Gasteiger charge is 2.09. The van der Waals surface area contributed by atoms with E-state index in [4.69, 9.17) is 9.47 Å². The summed E-state index contributed by atoms with van der Waals surface area (Å²) in [4.78, 5) is 0. The molecule has 2 nitrogen and oxygen atoms in total. The minimum atomic E-state index is 0.558. The van der Waals surface area contributed by atoms with Gasteiger partial charge in [-0.15, -0.1) is 0 Å². The molecule has 0 aromatic heterocycles. The minimum Gasteiger partial charge on any atom is -0.434 e.